The number of aliphatic carboxylic acids is 1. The van der Waals surface area contributed by atoms with Gasteiger partial charge in [0.25, 0.3) is 0 Å². The molecule has 6 heteroatoms. The molecule has 0 bridgehead atoms. The molecule has 0 saturated carbocycles. The minimum Gasteiger partial charge on any atom is -0.480 e. The number of ketones is 1. The van der Waals surface area contributed by atoms with Crippen molar-refractivity contribution in [2.75, 3.05) is 26.2 Å². The van der Waals surface area contributed by atoms with Crippen LogP contribution in [0.25, 0.3) is 0 Å². The molecule has 0 heterocycles. The lowest BCUT2D eigenvalue weighted by Crippen LogP contribution is -2.42. The van der Waals surface area contributed by atoms with E-state index in [0.29, 0.717) is 13.0 Å². The van der Waals surface area contributed by atoms with E-state index in [2.05, 4.69) is 17.4 Å². The Balaban J connectivity index is 1.66. The Kier molecular flexibility index (Phi) is 11.0. The van der Waals surface area contributed by atoms with Crippen molar-refractivity contribution in [3.05, 3.63) is 71.8 Å². The number of amides is 1. The second-order valence-electron chi connectivity index (χ2n) is 7.71. The Bertz CT molecular complexity index is 747. The number of aryl methyl sites for hydroxylation is 2. The molecule has 0 aliphatic carbocycles. The number of hydrogen-bond donors (Lipinski definition) is 2. The molecule has 2 rings (SSSR count). The predicted molar refractivity (Wildman–Crippen MR) is 121 cm³/mol. The van der Waals surface area contributed by atoms with Gasteiger partial charge in [-0.1, -0.05) is 60.7 Å². The zero-order chi connectivity index (χ0) is 22.3. The number of nitrogens with zero attached hydrogens (tertiary/aromatic N) is 1. The fourth-order valence-electron chi connectivity index (χ4n) is 3.41. The van der Waals surface area contributed by atoms with Crippen LogP contribution >= 0.6 is 0 Å². The zero-order valence-corrected chi connectivity index (χ0v) is 18.0. The van der Waals surface area contributed by atoms with Crippen LogP contribution in [0.1, 0.15) is 36.8 Å². The van der Waals surface area contributed by atoms with Crippen molar-refractivity contribution in [2.45, 2.75) is 38.5 Å². The lowest BCUT2D eigenvalue weighted by atomic mass is 10.1. The molecule has 31 heavy (non-hydrogen) atoms. The number of carbonyl (C=O) groups excluding carboxylic acids is 2. The first-order valence-electron chi connectivity index (χ1n) is 10.8. The summed E-state index contributed by atoms with van der Waals surface area (Å²) in [7, 11) is 0. The van der Waals surface area contributed by atoms with Crippen LogP contribution in [-0.4, -0.2) is 53.8 Å². The van der Waals surface area contributed by atoms with Gasteiger partial charge in [0.1, 0.15) is 5.78 Å². The quantitative estimate of drug-likeness (QED) is 0.429. The number of carboxylic acid groups (broad SMARTS) is 1. The predicted octanol–water partition coefficient (Wildman–Crippen LogP) is 3.10. The fraction of sp³-hybridized carbons (Fsp3) is 0.400. The summed E-state index contributed by atoms with van der Waals surface area (Å²) >= 11 is 0. The standard InChI is InChI=1S/C25H32N2O4/c28-23(16-8-7-14-21-10-3-1-4-11-21)18-27(20-25(30)31)19-24(29)26-17-9-15-22-12-5-2-6-13-22/h1-6,10-13H,7-9,14-20H2,(H,26,29)(H,30,31). The lowest BCUT2D eigenvalue weighted by Gasteiger charge is -2.19. The Morgan fingerprint density at radius 3 is 1.90 bits per heavy atom. The van der Waals surface area contributed by atoms with Gasteiger partial charge in [-0.25, -0.2) is 0 Å². The molecule has 0 aliphatic rings. The molecule has 0 atom stereocenters. The molecule has 0 radical (unpaired) electrons. The molecule has 0 fully saturated rings. The van der Waals surface area contributed by atoms with Gasteiger partial charge >= 0.3 is 5.97 Å². The molecule has 0 saturated heterocycles. The molecule has 0 unspecified atom stereocenters. The van der Waals surface area contributed by atoms with Crippen LogP contribution in [0.3, 0.4) is 0 Å². The third kappa shape index (κ3) is 11.1. The first-order valence-corrected chi connectivity index (χ1v) is 10.8. The SMILES string of the molecule is O=C(O)CN(CC(=O)CCCCc1ccccc1)CC(=O)NCCCc1ccccc1. The Morgan fingerprint density at radius 2 is 1.32 bits per heavy atom. The smallest absolute Gasteiger partial charge is 0.317 e. The fourth-order valence-corrected chi connectivity index (χ4v) is 3.41. The first kappa shape index (κ1) is 24.3. The summed E-state index contributed by atoms with van der Waals surface area (Å²) in [5, 5.41) is 11.9. The van der Waals surface area contributed by atoms with Crippen LogP contribution < -0.4 is 5.32 Å². The molecule has 0 spiro atoms. The Hall–Kier alpha value is -2.99. The van der Waals surface area contributed by atoms with Crippen LogP contribution in [0.4, 0.5) is 0 Å². The van der Waals surface area contributed by atoms with E-state index in [-0.39, 0.29) is 31.3 Å². The van der Waals surface area contributed by atoms with Crippen molar-refractivity contribution in [1.82, 2.24) is 10.2 Å². The van der Waals surface area contributed by atoms with Crippen molar-refractivity contribution >= 4 is 17.7 Å². The molecular formula is C25H32N2O4. The highest BCUT2D eigenvalue weighted by Gasteiger charge is 2.17. The van der Waals surface area contributed by atoms with Gasteiger partial charge in [0.15, 0.2) is 0 Å². The molecule has 1 amide bonds. The summed E-state index contributed by atoms with van der Waals surface area (Å²) in [6.45, 7) is 0.0811. The van der Waals surface area contributed by atoms with E-state index in [1.165, 1.54) is 16.0 Å². The number of carbonyl (C=O) groups is 3. The van der Waals surface area contributed by atoms with Crippen molar-refractivity contribution in [3.8, 4) is 0 Å². The molecule has 2 N–H and O–H groups in total. The summed E-state index contributed by atoms with van der Waals surface area (Å²) < 4.78 is 0. The van der Waals surface area contributed by atoms with E-state index in [4.69, 9.17) is 5.11 Å². The van der Waals surface area contributed by atoms with Crippen LogP contribution in [0.2, 0.25) is 0 Å². The van der Waals surface area contributed by atoms with E-state index in [1.54, 1.807) is 0 Å². The van der Waals surface area contributed by atoms with E-state index in [0.717, 1.165) is 32.1 Å². The normalized spacial score (nSPS) is 10.7. The van der Waals surface area contributed by atoms with Gasteiger partial charge < -0.3 is 10.4 Å². The third-order valence-electron chi connectivity index (χ3n) is 4.95. The molecule has 2 aromatic rings. The number of rotatable bonds is 15. The van der Waals surface area contributed by atoms with E-state index >= 15 is 0 Å². The van der Waals surface area contributed by atoms with Crippen molar-refractivity contribution < 1.29 is 19.5 Å². The van der Waals surface area contributed by atoms with Gasteiger partial charge in [-0.15, -0.1) is 0 Å². The zero-order valence-electron chi connectivity index (χ0n) is 18.0. The molecule has 0 aliphatic heterocycles. The van der Waals surface area contributed by atoms with Crippen LogP contribution in [0, 0.1) is 0 Å². The highest BCUT2D eigenvalue weighted by atomic mass is 16.4. The van der Waals surface area contributed by atoms with Gasteiger partial charge in [0.2, 0.25) is 5.91 Å². The topological polar surface area (TPSA) is 86.7 Å². The monoisotopic (exact) mass is 424 g/mol. The summed E-state index contributed by atoms with van der Waals surface area (Å²) in [4.78, 5) is 37.0. The molecule has 6 nitrogen and oxygen atoms in total. The Morgan fingerprint density at radius 1 is 0.742 bits per heavy atom. The Labute approximate surface area is 184 Å². The average molecular weight is 425 g/mol. The van der Waals surface area contributed by atoms with Crippen LogP contribution in [-0.2, 0) is 27.2 Å². The van der Waals surface area contributed by atoms with Gasteiger partial charge in [-0.2, -0.15) is 0 Å². The highest BCUT2D eigenvalue weighted by molar-refractivity contribution is 5.83. The summed E-state index contributed by atoms with van der Waals surface area (Å²) in [5.74, 6) is -1.34. The third-order valence-corrected chi connectivity index (χ3v) is 4.95. The second-order valence-corrected chi connectivity index (χ2v) is 7.71. The van der Waals surface area contributed by atoms with Gasteiger partial charge in [0.05, 0.1) is 19.6 Å². The van der Waals surface area contributed by atoms with Gasteiger partial charge in [-0.3, -0.25) is 19.3 Å². The van der Waals surface area contributed by atoms with Crippen molar-refractivity contribution in [2.24, 2.45) is 0 Å². The number of Topliss-reactive ketones (excluding diaryl/α,β-unsaturated/α-hetero) is 1. The number of nitrogens with one attached hydrogen (secondary N) is 1. The maximum Gasteiger partial charge on any atom is 0.317 e. The number of unbranched alkanes of at least 4 members (excludes halogenated alkanes) is 1. The van der Waals surface area contributed by atoms with Crippen LogP contribution in [0.15, 0.2) is 60.7 Å². The molecule has 166 valence electrons. The first-order chi connectivity index (χ1) is 15.0. The van der Waals surface area contributed by atoms with Crippen molar-refractivity contribution in [3.63, 3.8) is 0 Å². The number of hydrogen-bond acceptors (Lipinski definition) is 4. The van der Waals surface area contributed by atoms with Gasteiger partial charge in [0, 0.05) is 13.0 Å². The second kappa shape index (κ2) is 14.1. The molecular weight excluding hydrogens is 392 g/mol. The highest BCUT2D eigenvalue weighted by Crippen LogP contribution is 2.07. The van der Waals surface area contributed by atoms with Crippen molar-refractivity contribution in [1.29, 1.82) is 0 Å². The molecule has 0 aromatic heterocycles. The van der Waals surface area contributed by atoms with Crippen LogP contribution in [0.5, 0.6) is 0 Å². The number of carboxylic acids is 1. The largest absolute Gasteiger partial charge is 0.480 e. The summed E-state index contributed by atoms with van der Waals surface area (Å²) in [5.41, 5.74) is 2.45. The maximum atomic E-state index is 12.3. The number of benzene rings is 2. The average Bonchev–Trinajstić information content (AvgIpc) is 2.75. The molecule has 2 aromatic carbocycles. The van der Waals surface area contributed by atoms with E-state index in [1.807, 2.05) is 48.5 Å². The summed E-state index contributed by atoms with van der Waals surface area (Å²) in [6, 6.07) is 20.1. The summed E-state index contributed by atoms with van der Waals surface area (Å²) in [6.07, 6.45) is 4.62. The lowest BCUT2D eigenvalue weighted by molar-refractivity contribution is -0.139. The minimum absolute atomic E-state index is 0.0188. The van der Waals surface area contributed by atoms with E-state index < -0.39 is 5.97 Å². The van der Waals surface area contributed by atoms with E-state index in [9.17, 15) is 14.4 Å². The minimum atomic E-state index is -1.05. The maximum absolute atomic E-state index is 12.3. The van der Waals surface area contributed by atoms with Gasteiger partial charge in [-0.05, 0) is 43.2 Å².